The van der Waals surface area contributed by atoms with Crippen LogP contribution in [0.2, 0.25) is 0 Å². The summed E-state index contributed by atoms with van der Waals surface area (Å²) in [4.78, 5) is 17.3. The molecule has 1 aromatic carbocycles. The van der Waals surface area contributed by atoms with Gasteiger partial charge in [0.1, 0.15) is 11.5 Å². The van der Waals surface area contributed by atoms with Crippen LogP contribution in [-0.2, 0) is 17.7 Å². The molecule has 2 aromatic rings. The number of carbonyl (C=O) groups is 1. The monoisotopic (exact) mass is 327 g/mol. The quantitative estimate of drug-likeness (QED) is 0.830. The van der Waals surface area contributed by atoms with Crippen LogP contribution in [0.4, 0.5) is 0 Å². The Morgan fingerprint density at radius 2 is 2.08 bits per heavy atom. The first-order chi connectivity index (χ1) is 11.8. The minimum absolute atomic E-state index is 0.0704. The minimum Gasteiger partial charge on any atom is -0.385 e. The van der Waals surface area contributed by atoms with E-state index in [1.165, 1.54) is 6.42 Å². The van der Waals surface area contributed by atoms with Gasteiger partial charge in [0.15, 0.2) is 0 Å². The smallest absolute Gasteiger partial charge is 0.271 e. The third-order valence-electron chi connectivity index (χ3n) is 4.43. The fraction of sp³-hybridized carbons (Fsp3) is 0.474. The molecule has 1 amide bonds. The number of fused-ring (bicyclic) bond motifs is 1. The molecule has 0 aliphatic carbocycles. The Labute approximate surface area is 143 Å². The molecule has 0 saturated heterocycles. The van der Waals surface area contributed by atoms with E-state index < -0.39 is 0 Å². The summed E-state index contributed by atoms with van der Waals surface area (Å²) >= 11 is 0. The van der Waals surface area contributed by atoms with Gasteiger partial charge in [0.2, 0.25) is 0 Å². The van der Waals surface area contributed by atoms with Crippen molar-refractivity contribution in [1.29, 1.82) is 0 Å². The highest BCUT2D eigenvalue weighted by atomic mass is 16.5. The molecule has 1 aliphatic rings. The first-order valence-corrected chi connectivity index (χ1v) is 8.73. The second kappa shape index (κ2) is 8.11. The molecule has 0 saturated carbocycles. The van der Waals surface area contributed by atoms with Gasteiger partial charge in [-0.2, -0.15) is 0 Å². The molecule has 1 aliphatic heterocycles. The normalized spacial score (nSPS) is 14.0. The van der Waals surface area contributed by atoms with Crippen molar-refractivity contribution in [3.63, 3.8) is 0 Å². The topological polar surface area (TPSA) is 56.1 Å². The molecule has 5 nitrogen and oxygen atoms in total. The van der Waals surface area contributed by atoms with E-state index in [0.717, 1.165) is 49.3 Å². The number of aromatic nitrogens is 2. The second-order valence-electron chi connectivity index (χ2n) is 6.16. The maximum atomic E-state index is 12.6. The van der Waals surface area contributed by atoms with Crippen molar-refractivity contribution in [2.24, 2.45) is 0 Å². The molecule has 2 heterocycles. The third kappa shape index (κ3) is 3.67. The van der Waals surface area contributed by atoms with E-state index in [1.807, 2.05) is 18.2 Å². The van der Waals surface area contributed by atoms with Crippen molar-refractivity contribution >= 4 is 5.91 Å². The van der Waals surface area contributed by atoms with Gasteiger partial charge >= 0.3 is 0 Å². The van der Waals surface area contributed by atoms with Crippen LogP contribution in [0.1, 0.15) is 41.9 Å². The Kier molecular flexibility index (Phi) is 5.64. The molecule has 0 bridgehead atoms. The van der Waals surface area contributed by atoms with E-state index in [9.17, 15) is 4.79 Å². The molecular weight excluding hydrogens is 302 g/mol. The number of nitrogens with zero attached hydrogens (tertiary/aromatic N) is 2. The number of methoxy groups -OCH3 is 1. The number of carbonyl (C=O) groups excluding carboxylic acids is 1. The number of amides is 1. The maximum absolute atomic E-state index is 12.6. The number of hydrogen-bond donors (Lipinski definition) is 1. The minimum atomic E-state index is -0.0704. The summed E-state index contributed by atoms with van der Waals surface area (Å²) < 4.78 is 7.27. The van der Waals surface area contributed by atoms with Crippen LogP contribution in [0.15, 0.2) is 30.3 Å². The van der Waals surface area contributed by atoms with Crippen molar-refractivity contribution in [2.75, 3.05) is 20.3 Å². The van der Waals surface area contributed by atoms with Gasteiger partial charge in [0.05, 0.1) is 5.69 Å². The fourth-order valence-corrected chi connectivity index (χ4v) is 3.21. The predicted octanol–water partition coefficient (Wildman–Crippen LogP) is 3.04. The molecule has 0 unspecified atom stereocenters. The number of imidazole rings is 1. The Morgan fingerprint density at radius 1 is 1.25 bits per heavy atom. The molecule has 1 N–H and O–H groups in total. The van der Waals surface area contributed by atoms with Gasteiger partial charge in [-0.05, 0) is 25.7 Å². The highest BCUT2D eigenvalue weighted by Gasteiger charge is 2.23. The summed E-state index contributed by atoms with van der Waals surface area (Å²) in [5.74, 6) is 0.841. The van der Waals surface area contributed by atoms with Crippen molar-refractivity contribution in [1.82, 2.24) is 14.9 Å². The Hall–Kier alpha value is -2.14. The fourth-order valence-electron chi connectivity index (χ4n) is 3.21. The lowest BCUT2D eigenvalue weighted by Gasteiger charge is -2.09. The summed E-state index contributed by atoms with van der Waals surface area (Å²) in [6.45, 7) is 2.19. The predicted molar refractivity (Wildman–Crippen MR) is 94.0 cm³/mol. The number of hydrogen-bond acceptors (Lipinski definition) is 3. The SMILES string of the molecule is COCCCNC(=O)c1nc(-c2ccccc2)n2c1CCCCC2. The van der Waals surface area contributed by atoms with Crippen molar-refractivity contribution < 1.29 is 9.53 Å². The maximum Gasteiger partial charge on any atom is 0.271 e. The van der Waals surface area contributed by atoms with Gasteiger partial charge in [-0.1, -0.05) is 36.8 Å². The summed E-state index contributed by atoms with van der Waals surface area (Å²) in [5, 5.41) is 2.97. The van der Waals surface area contributed by atoms with Gasteiger partial charge in [0, 0.05) is 32.4 Å². The van der Waals surface area contributed by atoms with Gasteiger partial charge in [-0.25, -0.2) is 4.98 Å². The van der Waals surface area contributed by atoms with Crippen LogP contribution in [0.25, 0.3) is 11.4 Å². The zero-order chi connectivity index (χ0) is 16.8. The van der Waals surface area contributed by atoms with Crippen LogP contribution >= 0.6 is 0 Å². The van der Waals surface area contributed by atoms with Crippen molar-refractivity contribution in [2.45, 2.75) is 38.6 Å². The summed E-state index contributed by atoms with van der Waals surface area (Å²) in [7, 11) is 1.67. The molecule has 0 spiro atoms. The van der Waals surface area contributed by atoms with Crippen LogP contribution in [0.3, 0.4) is 0 Å². The zero-order valence-electron chi connectivity index (χ0n) is 14.3. The van der Waals surface area contributed by atoms with E-state index in [0.29, 0.717) is 18.8 Å². The Bertz CT molecular complexity index is 679. The average Bonchev–Trinajstić information content (AvgIpc) is 2.81. The van der Waals surface area contributed by atoms with Crippen LogP contribution in [0.5, 0.6) is 0 Å². The number of benzene rings is 1. The number of ether oxygens (including phenoxy) is 1. The van der Waals surface area contributed by atoms with E-state index in [2.05, 4.69) is 22.0 Å². The molecule has 3 rings (SSSR count). The van der Waals surface area contributed by atoms with Crippen LogP contribution in [0, 0.1) is 0 Å². The molecule has 0 fully saturated rings. The average molecular weight is 327 g/mol. The Balaban J connectivity index is 1.89. The van der Waals surface area contributed by atoms with Crippen molar-refractivity contribution in [3.8, 4) is 11.4 Å². The third-order valence-corrected chi connectivity index (χ3v) is 4.43. The first-order valence-electron chi connectivity index (χ1n) is 8.73. The summed E-state index contributed by atoms with van der Waals surface area (Å²) in [6.07, 6.45) is 5.18. The van der Waals surface area contributed by atoms with Crippen LogP contribution < -0.4 is 5.32 Å². The lowest BCUT2D eigenvalue weighted by atomic mass is 10.1. The van der Waals surface area contributed by atoms with Gasteiger partial charge in [-0.3, -0.25) is 4.79 Å². The van der Waals surface area contributed by atoms with Gasteiger partial charge in [-0.15, -0.1) is 0 Å². The number of rotatable bonds is 6. The second-order valence-corrected chi connectivity index (χ2v) is 6.16. The van der Waals surface area contributed by atoms with Crippen LogP contribution in [-0.4, -0.2) is 35.7 Å². The largest absolute Gasteiger partial charge is 0.385 e. The highest BCUT2D eigenvalue weighted by molar-refractivity contribution is 5.94. The highest BCUT2D eigenvalue weighted by Crippen LogP contribution is 2.27. The molecule has 1 aromatic heterocycles. The first kappa shape index (κ1) is 16.7. The van der Waals surface area contributed by atoms with E-state index >= 15 is 0 Å². The molecule has 0 atom stereocenters. The zero-order valence-corrected chi connectivity index (χ0v) is 14.3. The Morgan fingerprint density at radius 3 is 2.88 bits per heavy atom. The molecule has 5 heteroatoms. The lowest BCUT2D eigenvalue weighted by Crippen LogP contribution is -2.26. The van der Waals surface area contributed by atoms with Crippen molar-refractivity contribution in [3.05, 3.63) is 41.7 Å². The van der Waals surface area contributed by atoms with Gasteiger partial charge in [0.25, 0.3) is 5.91 Å². The summed E-state index contributed by atoms with van der Waals surface area (Å²) in [6, 6.07) is 10.1. The summed E-state index contributed by atoms with van der Waals surface area (Å²) in [5.41, 5.74) is 2.74. The number of nitrogens with one attached hydrogen (secondary N) is 1. The molecular formula is C19H25N3O2. The molecule has 0 radical (unpaired) electrons. The van der Waals surface area contributed by atoms with E-state index in [-0.39, 0.29) is 5.91 Å². The molecule has 128 valence electrons. The molecule has 24 heavy (non-hydrogen) atoms. The standard InChI is InChI=1S/C19H25N3O2/c1-24-14-8-12-20-19(23)17-16-11-6-3-7-13-22(16)18(21-17)15-9-4-2-5-10-15/h2,4-5,9-10H,3,6-8,11-14H2,1H3,(H,20,23). The van der Waals surface area contributed by atoms with Gasteiger partial charge < -0.3 is 14.6 Å². The van der Waals surface area contributed by atoms with E-state index in [1.54, 1.807) is 7.11 Å². The lowest BCUT2D eigenvalue weighted by molar-refractivity contribution is 0.0943. The van der Waals surface area contributed by atoms with E-state index in [4.69, 9.17) is 9.72 Å².